The van der Waals surface area contributed by atoms with Crippen molar-refractivity contribution >= 4 is 10.8 Å². The van der Waals surface area contributed by atoms with Gasteiger partial charge < -0.3 is 9.47 Å². The average Bonchev–Trinajstić information content (AvgIpc) is 2.32. The van der Waals surface area contributed by atoms with E-state index in [4.69, 9.17) is 9.47 Å². The molecule has 0 bridgehead atoms. The normalized spacial score (nSPS) is 10.5. The van der Waals surface area contributed by atoms with Crippen molar-refractivity contribution in [1.29, 1.82) is 0 Å². The standard InChI is InChI=1S/C15H18O2/c1-4-16-14-8-9-15(17-5-2)13-10-11(3)6-7-12(13)14/h6-10H,4-5H2,1-3H3. The van der Waals surface area contributed by atoms with Gasteiger partial charge in [-0.05, 0) is 39.0 Å². The average molecular weight is 230 g/mol. The molecule has 0 aliphatic rings. The van der Waals surface area contributed by atoms with Gasteiger partial charge in [0, 0.05) is 10.8 Å². The minimum Gasteiger partial charge on any atom is -0.493 e. The Balaban J connectivity index is 2.62. The van der Waals surface area contributed by atoms with Gasteiger partial charge in [0.15, 0.2) is 0 Å². The Morgan fingerprint density at radius 2 is 1.41 bits per heavy atom. The van der Waals surface area contributed by atoms with Crippen molar-refractivity contribution in [1.82, 2.24) is 0 Å². The van der Waals surface area contributed by atoms with Gasteiger partial charge in [-0.1, -0.05) is 17.7 Å². The molecule has 0 fully saturated rings. The van der Waals surface area contributed by atoms with Gasteiger partial charge in [-0.3, -0.25) is 0 Å². The molecule has 0 N–H and O–H groups in total. The van der Waals surface area contributed by atoms with Crippen molar-refractivity contribution < 1.29 is 9.47 Å². The summed E-state index contributed by atoms with van der Waals surface area (Å²) in [6.45, 7) is 7.44. The largest absolute Gasteiger partial charge is 0.493 e. The Morgan fingerprint density at radius 1 is 0.824 bits per heavy atom. The molecule has 0 heterocycles. The van der Waals surface area contributed by atoms with E-state index in [0.29, 0.717) is 13.2 Å². The van der Waals surface area contributed by atoms with E-state index in [9.17, 15) is 0 Å². The first-order valence-corrected chi connectivity index (χ1v) is 6.05. The first kappa shape index (κ1) is 11.8. The molecule has 2 aromatic carbocycles. The predicted octanol–water partition coefficient (Wildman–Crippen LogP) is 3.95. The Bertz CT molecular complexity index is 518. The zero-order valence-corrected chi connectivity index (χ0v) is 10.6. The molecule has 0 aliphatic heterocycles. The van der Waals surface area contributed by atoms with Crippen LogP contribution in [0.5, 0.6) is 11.5 Å². The molecule has 0 radical (unpaired) electrons. The number of hydrogen-bond donors (Lipinski definition) is 0. The van der Waals surface area contributed by atoms with Gasteiger partial charge in [-0.15, -0.1) is 0 Å². The van der Waals surface area contributed by atoms with E-state index in [2.05, 4.69) is 25.1 Å². The Hall–Kier alpha value is -1.70. The summed E-state index contributed by atoms with van der Waals surface area (Å²) < 4.78 is 11.3. The fraction of sp³-hybridized carbons (Fsp3) is 0.333. The van der Waals surface area contributed by atoms with Crippen molar-refractivity contribution in [3.63, 3.8) is 0 Å². The number of hydrogen-bond acceptors (Lipinski definition) is 2. The molecule has 2 rings (SSSR count). The van der Waals surface area contributed by atoms with Crippen LogP contribution in [0.3, 0.4) is 0 Å². The summed E-state index contributed by atoms with van der Waals surface area (Å²) >= 11 is 0. The van der Waals surface area contributed by atoms with Crippen LogP contribution in [-0.2, 0) is 0 Å². The maximum absolute atomic E-state index is 5.65. The molecule has 0 aromatic heterocycles. The Kier molecular flexibility index (Phi) is 3.52. The highest BCUT2D eigenvalue weighted by atomic mass is 16.5. The van der Waals surface area contributed by atoms with E-state index in [1.807, 2.05) is 26.0 Å². The van der Waals surface area contributed by atoms with Crippen molar-refractivity contribution in [2.24, 2.45) is 0 Å². The zero-order chi connectivity index (χ0) is 12.3. The molecule has 2 heteroatoms. The van der Waals surface area contributed by atoms with Crippen LogP contribution in [0.1, 0.15) is 19.4 Å². The van der Waals surface area contributed by atoms with E-state index in [1.54, 1.807) is 0 Å². The molecule has 17 heavy (non-hydrogen) atoms. The lowest BCUT2D eigenvalue weighted by Crippen LogP contribution is -1.96. The highest BCUT2D eigenvalue weighted by molar-refractivity contribution is 5.93. The predicted molar refractivity (Wildman–Crippen MR) is 71.0 cm³/mol. The molecule has 0 atom stereocenters. The third-order valence-electron chi connectivity index (χ3n) is 2.69. The Morgan fingerprint density at radius 3 is 2.00 bits per heavy atom. The lowest BCUT2D eigenvalue weighted by Gasteiger charge is -2.12. The second kappa shape index (κ2) is 5.09. The second-order valence-electron chi connectivity index (χ2n) is 3.98. The van der Waals surface area contributed by atoms with Crippen LogP contribution in [0.4, 0.5) is 0 Å². The first-order chi connectivity index (χ1) is 8.26. The summed E-state index contributed by atoms with van der Waals surface area (Å²) in [4.78, 5) is 0. The quantitative estimate of drug-likeness (QED) is 0.792. The van der Waals surface area contributed by atoms with Gasteiger partial charge in [0.2, 0.25) is 0 Å². The van der Waals surface area contributed by atoms with Crippen LogP contribution in [0.25, 0.3) is 10.8 Å². The van der Waals surface area contributed by atoms with Gasteiger partial charge in [0.25, 0.3) is 0 Å². The molecular weight excluding hydrogens is 212 g/mol. The number of fused-ring (bicyclic) bond motifs is 1. The molecule has 2 nitrogen and oxygen atoms in total. The topological polar surface area (TPSA) is 18.5 Å². The fourth-order valence-electron chi connectivity index (χ4n) is 1.97. The fourth-order valence-corrected chi connectivity index (χ4v) is 1.97. The van der Waals surface area contributed by atoms with Crippen molar-refractivity contribution in [2.75, 3.05) is 13.2 Å². The molecule has 0 spiro atoms. The minimum absolute atomic E-state index is 0.678. The van der Waals surface area contributed by atoms with Crippen LogP contribution in [0, 0.1) is 6.92 Å². The van der Waals surface area contributed by atoms with Crippen molar-refractivity contribution in [3.05, 3.63) is 35.9 Å². The molecule has 0 unspecified atom stereocenters. The third kappa shape index (κ3) is 2.36. The van der Waals surface area contributed by atoms with E-state index < -0.39 is 0 Å². The SMILES string of the molecule is CCOc1ccc(OCC)c2cc(C)ccc12. The van der Waals surface area contributed by atoms with Gasteiger partial charge in [-0.2, -0.15) is 0 Å². The smallest absolute Gasteiger partial charge is 0.127 e. The summed E-state index contributed by atoms with van der Waals surface area (Å²) in [6, 6.07) is 10.3. The molecule has 90 valence electrons. The van der Waals surface area contributed by atoms with Crippen molar-refractivity contribution in [2.45, 2.75) is 20.8 Å². The zero-order valence-electron chi connectivity index (χ0n) is 10.6. The number of ether oxygens (including phenoxy) is 2. The summed E-state index contributed by atoms with van der Waals surface area (Å²) in [5.41, 5.74) is 1.23. The van der Waals surface area contributed by atoms with Crippen LogP contribution in [0.2, 0.25) is 0 Å². The maximum Gasteiger partial charge on any atom is 0.127 e. The van der Waals surface area contributed by atoms with Crippen LogP contribution >= 0.6 is 0 Å². The summed E-state index contributed by atoms with van der Waals surface area (Å²) in [5.74, 6) is 1.85. The van der Waals surface area contributed by atoms with Gasteiger partial charge >= 0.3 is 0 Å². The van der Waals surface area contributed by atoms with Crippen LogP contribution in [-0.4, -0.2) is 13.2 Å². The number of rotatable bonds is 4. The number of benzene rings is 2. The maximum atomic E-state index is 5.65. The first-order valence-electron chi connectivity index (χ1n) is 6.05. The minimum atomic E-state index is 0.678. The van der Waals surface area contributed by atoms with Gasteiger partial charge in [-0.25, -0.2) is 0 Å². The van der Waals surface area contributed by atoms with Crippen molar-refractivity contribution in [3.8, 4) is 11.5 Å². The van der Waals surface area contributed by atoms with E-state index in [0.717, 1.165) is 22.3 Å². The van der Waals surface area contributed by atoms with E-state index >= 15 is 0 Å². The second-order valence-corrected chi connectivity index (χ2v) is 3.98. The van der Waals surface area contributed by atoms with Crippen LogP contribution < -0.4 is 9.47 Å². The summed E-state index contributed by atoms with van der Waals surface area (Å²) in [7, 11) is 0. The molecular formula is C15H18O2. The van der Waals surface area contributed by atoms with Crippen LogP contribution in [0.15, 0.2) is 30.3 Å². The lowest BCUT2D eigenvalue weighted by atomic mass is 10.1. The molecule has 0 saturated heterocycles. The Labute approximate surface area is 102 Å². The highest BCUT2D eigenvalue weighted by Crippen LogP contribution is 2.33. The van der Waals surface area contributed by atoms with Gasteiger partial charge in [0.05, 0.1) is 13.2 Å². The summed E-state index contributed by atoms with van der Waals surface area (Å²) in [6.07, 6.45) is 0. The third-order valence-corrected chi connectivity index (χ3v) is 2.69. The highest BCUT2D eigenvalue weighted by Gasteiger charge is 2.07. The van der Waals surface area contributed by atoms with E-state index in [-0.39, 0.29) is 0 Å². The van der Waals surface area contributed by atoms with Gasteiger partial charge in [0.1, 0.15) is 11.5 Å². The molecule has 2 aromatic rings. The van der Waals surface area contributed by atoms with E-state index in [1.165, 1.54) is 5.56 Å². The molecule has 0 aliphatic carbocycles. The number of aryl methyl sites for hydroxylation is 1. The monoisotopic (exact) mass is 230 g/mol. The summed E-state index contributed by atoms with van der Waals surface area (Å²) in [5, 5.41) is 2.24. The molecule has 0 amide bonds. The molecule has 0 saturated carbocycles. The lowest BCUT2D eigenvalue weighted by molar-refractivity contribution is 0.336.